The number of fused-ring (bicyclic) bond motifs is 10. The van der Waals surface area contributed by atoms with Crippen molar-refractivity contribution < 1.29 is 0 Å². The van der Waals surface area contributed by atoms with E-state index < -0.39 is 0 Å². The minimum atomic E-state index is 0.549. The minimum absolute atomic E-state index is 0.549. The molecule has 3 aromatic heterocycles. The lowest BCUT2D eigenvalue weighted by atomic mass is 9.98. The molecule has 8 rings (SSSR count). The van der Waals surface area contributed by atoms with Crippen molar-refractivity contribution in [3.05, 3.63) is 152 Å². The summed E-state index contributed by atoms with van der Waals surface area (Å²) in [5.74, 6) is 1.74. The number of rotatable bonds is 7. The van der Waals surface area contributed by atoms with Gasteiger partial charge in [0.1, 0.15) is 0 Å². The topological polar surface area (TPSA) is 43.6 Å². The largest absolute Gasteiger partial charge is 0.277 e. The van der Waals surface area contributed by atoms with Crippen molar-refractivity contribution in [1.82, 2.24) is 19.5 Å². The molecule has 0 fully saturated rings. The van der Waals surface area contributed by atoms with E-state index in [4.69, 9.17) is 15.0 Å². The van der Waals surface area contributed by atoms with E-state index in [1.807, 2.05) is 79.8 Å². The van der Waals surface area contributed by atoms with Crippen LogP contribution in [0.1, 0.15) is 30.9 Å². The summed E-state index contributed by atoms with van der Waals surface area (Å²) in [7, 11) is 0. The third-order valence-corrected chi connectivity index (χ3v) is 10.1. The number of nitrogens with zero attached hydrogens (tertiary/aromatic N) is 4. The Morgan fingerprint density at radius 1 is 0.729 bits per heavy atom. The van der Waals surface area contributed by atoms with Gasteiger partial charge < -0.3 is 0 Å². The molecule has 4 nitrogen and oxygen atoms in total. The molecule has 5 heteroatoms. The molecule has 0 atom stereocenters. The Balaban J connectivity index is 1.61. The van der Waals surface area contributed by atoms with E-state index in [2.05, 4.69) is 90.5 Å². The van der Waals surface area contributed by atoms with Gasteiger partial charge in [0.25, 0.3) is 0 Å². The maximum Gasteiger partial charge on any atom is 0.238 e. The molecule has 3 heterocycles. The molecule has 0 aliphatic rings. The van der Waals surface area contributed by atoms with E-state index in [0.717, 1.165) is 33.3 Å². The SMILES string of the molecule is C=C/C=C\C(=C/C)c1nc(-c2ccccc2)nc(-n2c(/C=C\C)c(C=C)c3c4ccccc4c4sc5c6ccccc6ccc5c4c32)n1. The Kier molecular flexibility index (Phi) is 7.39. The van der Waals surface area contributed by atoms with E-state index in [-0.39, 0.29) is 0 Å². The molecule has 8 aromatic rings. The van der Waals surface area contributed by atoms with Gasteiger partial charge in [0, 0.05) is 47.6 Å². The third kappa shape index (κ3) is 4.55. The van der Waals surface area contributed by atoms with Gasteiger partial charge in [-0.25, -0.2) is 4.98 Å². The van der Waals surface area contributed by atoms with Crippen molar-refractivity contribution in [2.24, 2.45) is 0 Å². The minimum Gasteiger partial charge on any atom is -0.277 e. The first kappa shape index (κ1) is 29.5. The molecule has 0 unspecified atom stereocenters. The van der Waals surface area contributed by atoms with Gasteiger partial charge in [-0.1, -0.05) is 141 Å². The van der Waals surface area contributed by atoms with Gasteiger partial charge in [-0.15, -0.1) is 11.3 Å². The van der Waals surface area contributed by atoms with Gasteiger partial charge in [0.15, 0.2) is 11.6 Å². The Bertz CT molecular complexity index is 2670. The first-order valence-corrected chi connectivity index (χ1v) is 16.8. The maximum absolute atomic E-state index is 5.22. The highest BCUT2D eigenvalue weighted by Crippen LogP contribution is 2.48. The first-order valence-electron chi connectivity index (χ1n) is 16.0. The zero-order valence-electron chi connectivity index (χ0n) is 26.8. The molecule has 0 N–H and O–H groups in total. The Morgan fingerprint density at radius 2 is 1.48 bits per heavy atom. The van der Waals surface area contributed by atoms with Crippen molar-refractivity contribution in [1.29, 1.82) is 0 Å². The lowest BCUT2D eigenvalue weighted by Crippen LogP contribution is -2.09. The number of aromatic nitrogens is 4. The summed E-state index contributed by atoms with van der Waals surface area (Å²) in [6, 6.07) is 32.0. The summed E-state index contributed by atoms with van der Waals surface area (Å²) in [5.41, 5.74) is 4.88. The zero-order chi connectivity index (χ0) is 32.8. The van der Waals surface area contributed by atoms with Gasteiger partial charge in [0.2, 0.25) is 5.95 Å². The Hall–Kier alpha value is -5.91. The van der Waals surface area contributed by atoms with Gasteiger partial charge in [-0.3, -0.25) is 4.57 Å². The van der Waals surface area contributed by atoms with E-state index in [0.29, 0.717) is 17.6 Å². The highest BCUT2D eigenvalue weighted by Gasteiger charge is 2.26. The van der Waals surface area contributed by atoms with Crippen LogP contribution in [0.15, 0.2) is 135 Å². The molecular formula is C43H32N4S. The highest BCUT2D eigenvalue weighted by atomic mass is 32.1. The van der Waals surface area contributed by atoms with Crippen molar-refractivity contribution in [3.8, 4) is 17.3 Å². The van der Waals surface area contributed by atoms with Crippen LogP contribution in [0.25, 0.3) is 87.7 Å². The lowest BCUT2D eigenvalue weighted by molar-refractivity contribution is 0.910. The average molecular weight is 637 g/mol. The smallest absolute Gasteiger partial charge is 0.238 e. The lowest BCUT2D eigenvalue weighted by Gasteiger charge is -2.13. The third-order valence-electron chi connectivity index (χ3n) is 8.87. The number of allylic oxidation sites excluding steroid dienone is 6. The van der Waals surface area contributed by atoms with E-state index >= 15 is 0 Å². The molecule has 0 bridgehead atoms. The van der Waals surface area contributed by atoms with E-state index in [1.54, 1.807) is 6.08 Å². The fourth-order valence-electron chi connectivity index (χ4n) is 6.79. The Labute approximate surface area is 283 Å². The summed E-state index contributed by atoms with van der Waals surface area (Å²) in [6.45, 7) is 12.3. The Morgan fingerprint density at radius 3 is 2.23 bits per heavy atom. The van der Waals surface area contributed by atoms with Crippen LogP contribution in [-0.2, 0) is 0 Å². The monoisotopic (exact) mass is 636 g/mol. The van der Waals surface area contributed by atoms with E-state index in [9.17, 15) is 0 Å². The van der Waals surface area contributed by atoms with Crippen molar-refractivity contribution in [2.75, 3.05) is 0 Å². The van der Waals surface area contributed by atoms with Crippen molar-refractivity contribution >= 4 is 81.7 Å². The average Bonchev–Trinajstić information content (AvgIpc) is 3.69. The number of hydrogen-bond acceptors (Lipinski definition) is 4. The van der Waals surface area contributed by atoms with Crippen molar-refractivity contribution in [2.45, 2.75) is 13.8 Å². The van der Waals surface area contributed by atoms with Crippen LogP contribution in [0, 0.1) is 0 Å². The van der Waals surface area contributed by atoms with Crippen LogP contribution in [0.3, 0.4) is 0 Å². The normalized spacial score (nSPS) is 12.5. The molecule has 5 aromatic carbocycles. The van der Waals surface area contributed by atoms with Gasteiger partial charge in [-0.05, 0) is 36.1 Å². The summed E-state index contributed by atoms with van der Waals surface area (Å²) < 4.78 is 4.74. The first-order chi connectivity index (χ1) is 23.7. The highest BCUT2D eigenvalue weighted by molar-refractivity contribution is 7.27. The van der Waals surface area contributed by atoms with Crippen LogP contribution in [0.5, 0.6) is 0 Å². The second-order valence-corrected chi connectivity index (χ2v) is 12.6. The molecule has 230 valence electrons. The molecule has 0 saturated carbocycles. The van der Waals surface area contributed by atoms with Gasteiger partial charge in [0.05, 0.1) is 11.2 Å². The fraction of sp³-hybridized carbons (Fsp3) is 0.0465. The molecule has 0 aliphatic carbocycles. The number of hydrogen-bond donors (Lipinski definition) is 0. The summed E-state index contributed by atoms with van der Waals surface area (Å²) in [5, 5.41) is 8.43. The predicted molar refractivity (Wildman–Crippen MR) is 208 cm³/mol. The number of benzene rings is 5. The fourth-order valence-corrected chi connectivity index (χ4v) is 8.16. The summed E-state index contributed by atoms with van der Waals surface area (Å²) >= 11 is 1.86. The van der Waals surface area contributed by atoms with Crippen LogP contribution >= 0.6 is 11.3 Å². The van der Waals surface area contributed by atoms with Crippen LogP contribution < -0.4 is 0 Å². The van der Waals surface area contributed by atoms with Crippen LogP contribution in [-0.4, -0.2) is 19.5 Å². The summed E-state index contributed by atoms with van der Waals surface area (Å²) in [6.07, 6.45) is 13.9. The molecular weight excluding hydrogens is 605 g/mol. The van der Waals surface area contributed by atoms with Crippen LogP contribution in [0.2, 0.25) is 0 Å². The summed E-state index contributed by atoms with van der Waals surface area (Å²) in [4.78, 5) is 15.4. The van der Waals surface area contributed by atoms with Crippen molar-refractivity contribution in [3.63, 3.8) is 0 Å². The van der Waals surface area contributed by atoms with Gasteiger partial charge in [-0.2, -0.15) is 9.97 Å². The quantitative estimate of drug-likeness (QED) is 0.164. The zero-order valence-corrected chi connectivity index (χ0v) is 27.6. The molecule has 0 aliphatic heterocycles. The molecule has 0 spiro atoms. The van der Waals surface area contributed by atoms with Gasteiger partial charge >= 0.3 is 0 Å². The second-order valence-electron chi connectivity index (χ2n) is 11.6. The molecule has 48 heavy (non-hydrogen) atoms. The standard InChI is InChI=1S/C43H32N4S/c1-5-9-18-27(7-3)41-44-42(29-20-11-10-12-21-29)46-43(45-41)47-35(17-6-2)30(8-4)36-32-23-15-16-24-33(32)40-37(38(36)47)34-26-25-28-19-13-14-22-31(28)39(34)48-40/h5-26H,1,4H2,2-3H3/b17-6-,18-9-,27-7+. The predicted octanol–water partition coefficient (Wildman–Crippen LogP) is 12.0. The van der Waals surface area contributed by atoms with E-state index in [1.165, 1.54) is 41.7 Å². The number of thiophene rings is 1. The van der Waals surface area contributed by atoms with Crippen LogP contribution in [0.4, 0.5) is 0 Å². The molecule has 0 amide bonds. The molecule has 0 saturated heterocycles. The molecule has 0 radical (unpaired) electrons. The maximum atomic E-state index is 5.22. The second kappa shape index (κ2) is 12.0.